The van der Waals surface area contributed by atoms with Crippen molar-refractivity contribution in [3.05, 3.63) is 138 Å². The minimum Gasteiger partial charge on any atom is -0.488 e. The third-order valence-corrected chi connectivity index (χ3v) is 8.73. The molecule has 0 saturated carbocycles. The minimum atomic E-state index is -1.00. The van der Waals surface area contributed by atoms with Crippen molar-refractivity contribution in [1.29, 1.82) is 0 Å². The Morgan fingerprint density at radius 1 is 0.561 bits per heavy atom. The lowest BCUT2D eigenvalue weighted by molar-refractivity contribution is -0.161. The van der Waals surface area contributed by atoms with Crippen LogP contribution in [-0.4, -0.2) is 70.2 Å². The van der Waals surface area contributed by atoms with Gasteiger partial charge in [0.25, 0.3) is 0 Å². The van der Waals surface area contributed by atoms with E-state index < -0.39 is 41.1 Å². The molecule has 4 aromatic carbocycles. The molecule has 0 aromatic heterocycles. The number of rotatable bonds is 17. The molecule has 0 aliphatic heterocycles. The Balaban J connectivity index is 1.67. The van der Waals surface area contributed by atoms with E-state index in [1.54, 1.807) is 25.7 Å². The van der Waals surface area contributed by atoms with Gasteiger partial charge in [0, 0.05) is 39.1 Å². The van der Waals surface area contributed by atoms with Gasteiger partial charge >= 0.3 is 18.0 Å². The largest absolute Gasteiger partial charge is 0.488 e. The van der Waals surface area contributed by atoms with Crippen LogP contribution in [0.4, 0.5) is 4.79 Å². The molecule has 0 heterocycles. The maximum Gasteiger partial charge on any atom is 0.329 e. The van der Waals surface area contributed by atoms with E-state index in [0.29, 0.717) is 38.3 Å². The van der Waals surface area contributed by atoms with Gasteiger partial charge in [-0.15, -0.1) is 0 Å². The zero-order chi connectivity index (χ0) is 41.6. The summed E-state index contributed by atoms with van der Waals surface area (Å²) < 4.78 is 17.9. The van der Waals surface area contributed by atoms with E-state index in [1.165, 1.54) is 0 Å². The third kappa shape index (κ3) is 16.9. The van der Waals surface area contributed by atoms with Gasteiger partial charge in [-0.2, -0.15) is 0 Å². The van der Waals surface area contributed by atoms with Crippen molar-refractivity contribution < 1.29 is 28.6 Å². The number of carbonyl (C=O) groups is 3. The molecule has 0 aliphatic carbocycles. The van der Waals surface area contributed by atoms with Crippen LogP contribution in [0, 0.1) is 5.92 Å². The number of esters is 2. The van der Waals surface area contributed by atoms with Crippen LogP contribution < -0.4 is 10.1 Å². The topological polar surface area (TPSA) is 97.4 Å². The molecule has 0 unspecified atom stereocenters. The summed E-state index contributed by atoms with van der Waals surface area (Å²) in [5.74, 6) is -0.951. The molecule has 0 radical (unpaired) electrons. The van der Waals surface area contributed by atoms with E-state index in [2.05, 4.69) is 34.5 Å². The van der Waals surface area contributed by atoms with E-state index in [4.69, 9.17) is 14.2 Å². The average Bonchev–Trinajstić information content (AvgIpc) is 3.12. The molecular weight excluding hydrogens is 715 g/mol. The van der Waals surface area contributed by atoms with Crippen molar-refractivity contribution in [3.63, 3.8) is 0 Å². The summed E-state index contributed by atoms with van der Waals surface area (Å²) in [6.45, 7) is 18.8. The lowest BCUT2D eigenvalue weighted by atomic mass is 10.0. The molecular formula is C48H63N3O6. The van der Waals surface area contributed by atoms with Gasteiger partial charge in [-0.05, 0) is 103 Å². The fourth-order valence-electron chi connectivity index (χ4n) is 6.31. The van der Waals surface area contributed by atoms with Crippen molar-refractivity contribution in [2.75, 3.05) is 19.6 Å². The highest BCUT2D eigenvalue weighted by molar-refractivity contribution is 5.84. The third-order valence-electron chi connectivity index (χ3n) is 8.73. The van der Waals surface area contributed by atoms with Gasteiger partial charge in [0.05, 0.1) is 5.92 Å². The zero-order valence-electron chi connectivity index (χ0n) is 35.4. The van der Waals surface area contributed by atoms with Crippen LogP contribution in [0.15, 0.2) is 115 Å². The molecule has 9 nitrogen and oxygen atoms in total. The van der Waals surface area contributed by atoms with E-state index in [9.17, 15) is 14.4 Å². The highest BCUT2D eigenvalue weighted by Gasteiger charge is 2.33. The average molecular weight is 778 g/mol. The first-order valence-electron chi connectivity index (χ1n) is 20.0. The first kappa shape index (κ1) is 44.6. The van der Waals surface area contributed by atoms with Crippen LogP contribution in [0.25, 0.3) is 0 Å². The molecule has 0 fully saturated rings. The van der Waals surface area contributed by atoms with Crippen LogP contribution in [0.5, 0.6) is 5.75 Å². The Kier molecular flexibility index (Phi) is 15.9. The summed E-state index contributed by atoms with van der Waals surface area (Å²) >= 11 is 0. The number of hydrogen-bond donors (Lipinski definition) is 1. The fraction of sp³-hybridized carbons (Fsp3) is 0.438. The summed E-state index contributed by atoms with van der Waals surface area (Å²) in [7, 11) is 0. The molecule has 0 spiro atoms. The molecule has 0 saturated heterocycles. The first-order chi connectivity index (χ1) is 26.8. The van der Waals surface area contributed by atoms with E-state index in [0.717, 1.165) is 22.3 Å². The number of nitrogens with one attached hydrogen (secondary N) is 1. The van der Waals surface area contributed by atoms with Crippen molar-refractivity contribution in [3.8, 4) is 5.75 Å². The van der Waals surface area contributed by atoms with Gasteiger partial charge in [0.2, 0.25) is 0 Å². The Labute approximate surface area is 340 Å². The number of amides is 2. The second kappa shape index (κ2) is 20.3. The maximum absolute atomic E-state index is 14.6. The molecule has 1 N–H and O–H groups in total. The second-order valence-electron chi connectivity index (χ2n) is 17.7. The van der Waals surface area contributed by atoms with E-state index >= 15 is 0 Å². The molecule has 4 rings (SSSR count). The summed E-state index contributed by atoms with van der Waals surface area (Å²) in [4.78, 5) is 46.4. The van der Waals surface area contributed by atoms with Gasteiger partial charge in [-0.3, -0.25) is 9.69 Å². The van der Waals surface area contributed by atoms with Crippen LogP contribution in [0.1, 0.15) is 84.6 Å². The van der Waals surface area contributed by atoms with E-state index in [-0.39, 0.29) is 18.6 Å². The number of benzene rings is 4. The molecule has 2 atom stereocenters. The van der Waals surface area contributed by atoms with Crippen LogP contribution in [0.2, 0.25) is 0 Å². The number of carbonyl (C=O) groups excluding carboxylic acids is 3. The van der Waals surface area contributed by atoms with E-state index in [1.807, 2.05) is 133 Å². The molecule has 306 valence electrons. The highest BCUT2D eigenvalue weighted by Crippen LogP contribution is 2.22. The smallest absolute Gasteiger partial charge is 0.329 e. The molecule has 4 aromatic rings. The number of nitrogens with zero attached hydrogens (tertiary/aromatic N) is 2. The van der Waals surface area contributed by atoms with Crippen LogP contribution >= 0.6 is 0 Å². The Bertz CT molecular complexity index is 1790. The second-order valence-corrected chi connectivity index (χ2v) is 17.7. The normalized spacial score (nSPS) is 13.0. The van der Waals surface area contributed by atoms with Crippen LogP contribution in [-0.2, 0) is 45.0 Å². The zero-order valence-corrected chi connectivity index (χ0v) is 35.4. The fourth-order valence-corrected chi connectivity index (χ4v) is 6.31. The Morgan fingerprint density at radius 3 is 1.51 bits per heavy atom. The van der Waals surface area contributed by atoms with Gasteiger partial charge in [0.15, 0.2) is 0 Å². The van der Waals surface area contributed by atoms with Gasteiger partial charge in [0.1, 0.15) is 28.6 Å². The van der Waals surface area contributed by atoms with Crippen molar-refractivity contribution in [1.82, 2.24) is 15.1 Å². The molecule has 57 heavy (non-hydrogen) atoms. The summed E-state index contributed by atoms with van der Waals surface area (Å²) in [5.41, 5.74) is 2.19. The standard InChI is InChI=1S/C48H63N3O6/c1-46(2,3)55-41-27-25-37(26-28-41)31-42(44(53)57-48(7,8)9)49-45(54)51(30-29-36-19-13-10-14-20-36)35-40(43(52)56-47(4,5)6)34-50(32-38-21-15-11-16-22-38)33-39-23-17-12-18-24-39/h10-28,40,42H,29-35H2,1-9H3,(H,49,54)/t40-,42+/m1/s1. The number of urea groups is 1. The van der Waals surface area contributed by atoms with Gasteiger partial charge < -0.3 is 24.4 Å². The molecule has 0 bridgehead atoms. The summed E-state index contributed by atoms with van der Waals surface area (Å²) in [5, 5.41) is 3.02. The molecule has 0 aliphatic rings. The number of ether oxygens (including phenoxy) is 3. The predicted octanol–water partition coefficient (Wildman–Crippen LogP) is 9.03. The predicted molar refractivity (Wildman–Crippen MR) is 227 cm³/mol. The molecule has 2 amide bonds. The van der Waals surface area contributed by atoms with Crippen molar-refractivity contribution in [2.24, 2.45) is 5.92 Å². The Morgan fingerprint density at radius 2 is 1.04 bits per heavy atom. The minimum absolute atomic E-state index is 0.0630. The quantitative estimate of drug-likeness (QED) is 0.107. The van der Waals surface area contributed by atoms with Crippen molar-refractivity contribution >= 4 is 18.0 Å². The lowest BCUT2D eigenvalue weighted by Crippen LogP contribution is -2.53. The monoisotopic (exact) mass is 777 g/mol. The Hall–Kier alpha value is -5.15. The SMILES string of the molecule is CC(C)(C)OC(=O)[C@H](CN(Cc1ccccc1)Cc1ccccc1)CN(CCc1ccccc1)C(=O)N[C@@H](Cc1ccc(OC(C)(C)C)cc1)C(=O)OC(C)(C)C. The van der Waals surface area contributed by atoms with Gasteiger partial charge in [-0.25, -0.2) is 9.59 Å². The van der Waals surface area contributed by atoms with Crippen molar-refractivity contribution in [2.45, 2.75) is 111 Å². The number of hydrogen-bond acceptors (Lipinski definition) is 7. The lowest BCUT2D eigenvalue weighted by Gasteiger charge is -2.33. The highest BCUT2D eigenvalue weighted by atomic mass is 16.6. The first-order valence-corrected chi connectivity index (χ1v) is 20.0. The summed E-state index contributed by atoms with van der Waals surface area (Å²) in [6.07, 6.45) is 0.736. The van der Waals surface area contributed by atoms with Gasteiger partial charge in [-0.1, -0.05) is 103 Å². The van der Waals surface area contributed by atoms with Crippen LogP contribution in [0.3, 0.4) is 0 Å². The maximum atomic E-state index is 14.6. The molecule has 9 heteroatoms. The summed E-state index contributed by atoms with van der Waals surface area (Å²) in [6, 6.07) is 36.2.